The molecular weight excluding hydrogens is 474 g/mol. The Kier molecular flexibility index (Phi) is 5.85. The quantitative estimate of drug-likeness (QED) is 0.445. The maximum absolute atomic E-state index is 11.8. The van der Waals surface area contributed by atoms with Crippen molar-refractivity contribution in [1.29, 1.82) is 0 Å². The van der Waals surface area contributed by atoms with Crippen LogP contribution in [0.15, 0.2) is 54.6 Å². The number of aryl methyl sites for hydroxylation is 1. The molecule has 1 aliphatic heterocycles. The van der Waals surface area contributed by atoms with E-state index in [-0.39, 0.29) is 0 Å². The average Bonchev–Trinajstić information content (AvgIpc) is 3.33. The minimum atomic E-state index is -3.14. The molecule has 0 unspecified atom stereocenters. The lowest BCUT2D eigenvalue weighted by molar-refractivity contribution is 0.388. The van der Waals surface area contributed by atoms with Crippen LogP contribution >= 0.6 is 0 Å². The van der Waals surface area contributed by atoms with Crippen molar-refractivity contribution >= 4 is 33.0 Å². The van der Waals surface area contributed by atoms with E-state index in [0.717, 1.165) is 54.1 Å². The van der Waals surface area contributed by atoms with E-state index in [4.69, 9.17) is 15.1 Å². The molecule has 2 aliphatic rings. The first-order chi connectivity index (χ1) is 17.5. The molecule has 0 radical (unpaired) electrons. The van der Waals surface area contributed by atoms with Gasteiger partial charge in [-0.25, -0.2) is 13.4 Å². The third-order valence-electron chi connectivity index (χ3n) is 7.00. The number of benzene rings is 2. The molecule has 0 amide bonds. The minimum Gasteiger partial charge on any atom is -0.369 e. The number of rotatable bonds is 5. The molecule has 6 rings (SSSR count). The van der Waals surface area contributed by atoms with Gasteiger partial charge in [0, 0.05) is 48.7 Å². The number of fused-ring (bicyclic) bond motifs is 2. The molecule has 9 nitrogen and oxygen atoms in total. The van der Waals surface area contributed by atoms with E-state index in [9.17, 15) is 8.42 Å². The summed E-state index contributed by atoms with van der Waals surface area (Å²) in [5, 5.41) is 8.44. The zero-order chi connectivity index (χ0) is 24.7. The van der Waals surface area contributed by atoms with Crippen LogP contribution in [0.1, 0.15) is 24.1 Å². The molecule has 0 bridgehead atoms. The van der Waals surface area contributed by atoms with E-state index in [2.05, 4.69) is 34.5 Å². The summed E-state index contributed by atoms with van der Waals surface area (Å²) in [6.07, 6.45) is 5.45. The van der Waals surface area contributed by atoms with Crippen molar-refractivity contribution in [3.8, 4) is 11.4 Å². The van der Waals surface area contributed by atoms with Gasteiger partial charge in [-0.05, 0) is 49.9 Å². The Bertz CT molecular complexity index is 1490. The Balaban J connectivity index is 1.29. The molecule has 1 aliphatic carbocycles. The van der Waals surface area contributed by atoms with Crippen LogP contribution in [-0.2, 0) is 22.9 Å². The molecule has 1 saturated heterocycles. The van der Waals surface area contributed by atoms with Crippen molar-refractivity contribution < 1.29 is 8.42 Å². The second kappa shape index (κ2) is 9.18. The lowest BCUT2D eigenvalue weighted by Crippen LogP contribution is -2.48. The van der Waals surface area contributed by atoms with E-state index < -0.39 is 10.0 Å². The zero-order valence-electron chi connectivity index (χ0n) is 20.3. The van der Waals surface area contributed by atoms with Crippen molar-refractivity contribution in [3.05, 3.63) is 65.9 Å². The van der Waals surface area contributed by atoms with Crippen LogP contribution in [0.25, 0.3) is 17.2 Å². The molecule has 2 aromatic heterocycles. The van der Waals surface area contributed by atoms with E-state index in [1.165, 1.54) is 11.8 Å². The number of sulfonamides is 1. The minimum absolute atomic E-state index is 0.510. The summed E-state index contributed by atoms with van der Waals surface area (Å²) in [5.41, 5.74) is 5.32. The summed E-state index contributed by atoms with van der Waals surface area (Å²) in [6, 6.07) is 18.3. The second-order valence-corrected chi connectivity index (χ2v) is 11.4. The topological polar surface area (TPSA) is 95.7 Å². The Morgan fingerprint density at radius 3 is 2.31 bits per heavy atom. The highest BCUT2D eigenvalue weighted by Gasteiger charge is 2.24. The number of nitrogens with one attached hydrogen (secondary N) is 1. The molecule has 3 heterocycles. The van der Waals surface area contributed by atoms with Gasteiger partial charge in [0.15, 0.2) is 5.82 Å². The smallest absolute Gasteiger partial charge is 0.254 e. The van der Waals surface area contributed by atoms with Crippen LogP contribution in [0.2, 0.25) is 0 Å². The fraction of sp³-hybridized carbons (Fsp3) is 0.346. The van der Waals surface area contributed by atoms with Crippen molar-refractivity contribution in [3.63, 3.8) is 0 Å². The molecule has 36 heavy (non-hydrogen) atoms. The molecule has 186 valence electrons. The van der Waals surface area contributed by atoms with Crippen molar-refractivity contribution in [2.24, 2.45) is 0 Å². The van der Waals surface area contributed by atoms with Crippen LogP contribution in [0, 0.1) is 0 Å². The fourth-order valence-electron chi connectivity index (χ4n) is 5.05. The predicted octanol–water partition coefficient (Wildman–Crippen LogP) is 3.50. The van der Waals surface area contributed by atoms with E-state index in [1.807, 2.05) is 34.8 Å². The van der Waals surface area contributed by atoms with E-state index in [1.54, 1.807) is 4.31 Å². The van der Waals surface area contributed by atoms with Gasteiger partial charge in [0.1, 0.15) is 5.82 Å². The van der Waals surface area contributed by atoms with Crippen molar-refractivity contribution in [1.82, 2.24) is 23.9 Å². The summed E-state index contributed by atoms with van der Waals surface area (Å²) in [6.45, 7) is 2.38. The van der Waals surface area contributed by atoms with Crippen LogP contribution < -0.4 is 10.2 Å². The molecule has 0 spiro atoms. The van der Waals surface area contributed by atoms with Gasteiger partial charge in [-0.15, -0.1) is 5.10 Å². The van der Waals surface area contributed by atoms with Gasteiger partial charge >= 0.3 is 0 Å². The molecular formula is C26H29N7O2S. The molecule has 4 aromatic rings. The van der Waals surface area contributed by atoms with Gasteiger partial charge in [0.2, 0.25) is 10.0 Å². The Morgan fingerprint density at radius 1 is 0.861 bits per heavy atom. The number of aromatic nitrogens is 4. The first-order valence-electron chi connectivity index (χ1n) is 12.4. The number of hydrogen-bond acceptors (Lipinski definition) is 7. The third-order valence-corrected chi connectivity index (χ3v) is 8.30. The maximum atomic E-state index is 11.8. The van der Waals surface area contributed by atoms with Gasteiger partial charge < -0.3 is 10.2 Å². The van der Waals surface area contributed by atoms with Crippen LogP contribution in [0.3, 0.4) is 0 Å². The predicted molar refractivity (Wildman–Crippen MR) is 141 cm³/mol. The normalized spacial score (nSPS) is 16.8. The first-order valence-corrected chi connectivity index (χ1v) is 14.2. The van der Waals surface area contributed by atoms with E-state index >= 15 is 0 Å². The van der Waals surface area contributed by atoms with Gasteiger partial charge in [-0.2, -0.15) is 13.8 Å². The molecule has 0 saturated carbocycles. The Labute approximate surface area is 210 Å². The number of hydrogen-bond donors (Lipinski definition) is 1. The molecule has 1 N–H and O–H groups in total. The number of nitrogens with zero attached hydrogens (tertiary/aromatic N) is 6. The van der Waals surface area contributed by atoms with Crippen LogP contribution in [-0.4, -0.2) is 64.7 Å². The van der Waals surface area contributed by atoms with Crippen molar-refractivity contribution in [2.45, 2.75) is 25.7 Å². The summed E-state index contributed by atoms with van der Waals surface area (Å²) in [4.78, 5) is 11.8. The van der Waals surface area contributed by atoms with Gasteiger partial charge in [-0.3, -0.25) is 0 Å². The number of piperazine rings is 1. The summed E-state index contributed by atoms with van der Waals surface area (Å²) < 4.78 is 27.0. The highest BCUT2D eigenvalue weighted by Crippen LogP contribution is 2.31. The fourth-order valence-corrected chi connectivity index (χ4v) is 5.88. The maximum Gasteiger partial charge on any atom is 0.254 e. The standard InChI is InChI=1S/C26H29N7O2S/c1-36(34,35)32-17-15-31(16-18-32)21-13-11-20(12-14-21)27-25-22-9-5-6-10-23(22)28-26-29-24(30-33(25)26)19-7-3-2-4-8-19/h2-4,7-8,11-14,27H,5-6,9-10,15-18H2,1H3. The Hall–Kier alpha value is -3.50. The first kappa shape index (κ1) is 22.9. The summed E-state index contributed by atoms with van der Waals surface area (Å²) in [7, 11) is -3.14. The monoisotopic (exact) mass is 503 g/mol. The van der Waals surface area contributed by atoms with Gasteiger partial charge in [0.05, 0.1) is 11.9 Å². The van der Waals surface area contributed by atoms with Crippen LogP contribution in [0.4, 0.5) is 17.2 Å². The molecule has 2 aromatic carbocycles. The van der Waals surface area contributed by atoms with Gasteiger partial charge in [-0.1, -0.05) is 30.3 Å². The van der Waals surface area contributed by atoms with Crippen LogP contribution in [0.5, 0.6) is 0 Å². The highest BCUT2D eigenvalue weighted by atomic mass is 32.2. The number of anilines is 3. The highest BCUT2D eigenvalue weighted by molar-refractivity contribution is 7.88. The molecule has 10 heteroatoms. The lowest BCUT2D eigenvalue weighted by atomic mass is 9.96. The van der Waals surface area contributed by atoms with E-state index in [0.29, 0.717) is 37.8 Å². The Morgan fingerprint density at radius 2 is 1.58 bits per heavy atom. The van der Waals surface area contributed by atoms with Crippen molar-refractivity contribution in [2.75, 3.05) is 42.7 Å². The summed E-state index contributed by atoms with van der Waals surface area (Å²) >= 11 is 0. The zero-order valence-corrected chi connectivity index (χ0v) is 21.1. The SMILES string of the molecule is CS(=O)(=O)N1CCN(c2ccc(Nc3c4c(nc5nc(-c6ccccc6)nn35)CCCC4)cc2)CC1. The lowest BCUT2D eigenvalue weighted by Gasteiger charge is -2.34. The molecule has 0 atom stereocenters. The molecule has 1 fully saturated rings. The largest absolute Gasteiger partial charge is 0.369 e. The summed E-state index contributed by atoms with van der Waals surface area (Å²) in [5.74, 6) is 2.20. The second-order valence-electron chi connectivity index (χ2n) is 9.43. The van der Waals surface area contributed by atoms with Gasteiger partial charge in [0.25, 0.3) is 5.78 Å². The third kappa shape index (κ3) is 4.42. The average molecular weight is 504 g/mol.